The summed E-state index contributed by atoms with van der Waals surface area (Å²) in [6.45, 7) is 4.98. The van der Waals surface area contributed by atoms with Crippen molar-refractivity contribution in [3.8, 4) is 5.75 Å². The highest BCUT2D eigenvalue weighted by atomic mass is 35.5. The van der Waals surface area contributed by atoms with Crippen LogP contribution in [0.4, 0.5) is 5.69 Å². The molecule has 0 saturated carbocycles. The van der Waals surface area contributed by atoms with Gasteiger partial charge in [-0.1, -0.05) is 59.6 Å². The first-order chi connectivity index (χ1) is 18.1. The summed E-state index contributed by atoms with van der Waals surface area (Å²) in [7, 11) is -2.72. The van der Waals surface area contributed by atoms with Gasteiger partial charge >= 0.3 is 0 Å². The minimum absolute atomic E-state index is 0.0125. The molecule has 38 heavy (non-hydrogen) atoms. The summed E-state index contributed by atoms with van der Waals surface area (Å²) in [5, 5.41) is 2.99. The lowest BCUT2D eigenvalue weighted by Gasteiger charge is -2.32. The minimum Gasteiger partial charge on any atom is -0.492 e. The van der Waals surface area contributed by atoms with Gasteiger partial charge in [-0.3, -0.25) is 13.9 Å². The molecule has 8 nitrogen and oxygen atoms in total. The van der Waals surface area contributed by atoms with Crippen molar-refractivity contribution in [2.75, 3.05) is 24.5 Å². The second-order valence-corrected chi connectivity index (χ2v) is 10.9. The Morgan fingerprint density at radius 1 is 1.00 bits per heavy atom. The fraction of sp³-hybridized carbons (Fsp3) is 0.286. The number of rotatable bonds is 11. The van der Waals surface area contributed by atoms with Gasteiger partial charge < -0.3 is 15.0 Å². The van der Waals surface area contributed by atoms with E-state index in [0.717, 1.165) is 9.87 Å². The number of sulfonamides is 1. The molecule has 0 fully saturated rings. The number of ether oxygens (including phenoxy) is 1. The van der Waals surface area contributed by atoms with Gasteiger partial charge in [-0.15, -0.1) is 0 Å². The summed E-state index contributed by atoms with van der Waals surface area (Å²) in [5.74, 6) is -0.661. The predicted octanol–water partition coefficient (Wildman–Crippen LogP) is 4.41. The number of hydrogen-bond donors (Lipinski definition) is 1. The topological polar surface area (TPSA) is 96.0 Å². The zero-order valence-corrected chi connectivity index (χ0v) is 23.4. The zero-order valence-electron chi connectivity index (χ0n) is 21.8. The molecular weight excluding hydrogens is 526 g/mol. The van der Waals surface area contributed by atoms with Crippen molar-refractivity contribution in [1.29, 1.82) is 0 Å². The van der Waals surface area contributed by atoms with Gasteiger partial charge in [-0.05, 0) is 56.7 Å². The summed E-state index contributed by atoms with van der Waals surface area (Å²) in [6.07, 6.45) is 0. The van der Waals surface area contributed by atoms with Crippen LogP contribution in [0.15, 0.2) is 77.7 Å². The van der Waals surface area contributed by atoms with E-state index in [4.69, 9.17) is 16.3 Å². The quantitative estimate of drug-likeness (QED) is 0.377. The maximum atomic E-state index is 13.9. The summed E-state index contributed by atoms with van der Waals surface area (Å²) >= 11 is 6.35. The lowest BCUT2D eigenvalue weighted by Crippen LogP contribution is -2.50. The Hall–Kier alpha value is -3.56. The SMILES string of the molecule is CCOc1ccccc1N(CC(=O)N(Cc1ccccc1Cl)[C@@H](C)C(=O)NC)S(=O)(=O)c1ccc(C)cc1. The second kappa shape index (κ2) is 12.8. The average Bonchev–Trinajstić information content (AvgIpc) is 2.91. The van der Waals surface area contributed by atoms with Crippen LogP contribution in [0.1, 0.15) is 25.0 Å². The Balaban J connectivity index is 2.10. The van der Waals surface area contributed by atoms with E-state index in [1.807, 2.05) is 6.92 Å². The molecule has 3 rings (SSSR count). The number of benzene rings is 3. The molecule has 0 aliphatic rings. The highest BCUT2D eigenvalue weighted by Crippen LogP contribution is 2.33. The van der Waals surface area contributed by atoms with Crippen molar-refractivity contribution < 1.29 is 22.7 Å². The van der Waals surface area contributed by atoms with E-state index in [0.29, 0.717) is 22.9 Å². The fourth-order valence-electron chi connectivity index (χ4n) is 3.89. The van der Waals surface area contributed by atoms with Crippen molar-refractivity contribution in [2.45, 2.75) is 38.3 Å². The summed E-state index contributed by atoms with van der Waals surface area (Å²) in [4.78, 5) is 27.8. The van der Waals surface area contributed by atoms with Gasteiger partial charge in [-0.25, -0.2) is 8.42 Å². The van der Waals surface area contributed by atoms with Crippen LogP contribution >= 0.6 is 11.6 Å². The van der Waals surface area contributed by atoms with E-state index in [1.165, 1.54) is 24.1 Å². The van der Waals surface area contributed by atoms with Crippen molar-refractivity contribution >= 4 is 39.1 Å². The number of nitrogens with zero attached hydrogens (tertiary/aromatic N) is 2. The van der Waals surface area contributed by atoms with Crippen LogP contribution in [0.3, 0.4) is 0 Å². The first-order valence-electron chi connectivity index (χ1n) is 12.2. The number of nitrogens with one attached hydrogen (secondary N) is 1. The lowest BCUT2D eigenvalue weighted by molar-refractivity contribution is -0.139. The number of carbonyl (C=O) groups is 2. The van der Waals surface area contributed by atoms with Gasteiger partial charge in [0.1, 0.15) is 18.3 Å². The molecule has 0 spiro atoms. The Bertz CT molecular complexity index is 1380. The molecule has 2 amide bonds. The Morgan fingerprint density at radius 3 is 2.26 bits per heavy atom. The van der Waals surface area contributed by atoms with E-state index in [1.54, 1.807) is 74.5 Å². The first kappa shape index (κ1) is 29.0. The summed E-state index contributed by atoms with van der Waals surface area (Å²) in [6, 6.07) is 19.1. The third kappa shape index (κ3) is 6.65. The van der Waals surface area contributed by atoms with Crippen molar-refractivity contribution in [3.63, 3.8) is 0 Å². The summed E-state index contributed by atoms with van der Waals surface area (Å²) in [5.41, 5.74) is 1.74. The van der Waals surface area contributed by atoms with Gasteiger partial charge in [0.15, 0.2) is 0 Å². The average molecular weight is 558 g/mol. The van der Waals surface area contributed by atoms with Crippen LogP contribution in [0.25, 0.3) is 0 Å². The van der Waals surface area contributed by atoms with Crippen LogP contribution in [-0.2, 0) is 26.2 Å². The smallest absolute Gasteiger partial charge is 0.264 e. The maximum Gasteiger partial charge on any atom is 0.264 e. The van der Waals surface area contributed by atoms with Gasteiger partial charge in [0.25, 0.3) is 10.0 Å². The van der Waals surface area contributed by atoms with E-state index in [2.05, 4.69) is 5.32 Å². The molecule has 0 unspecified atom stereocenters. The maximum absolute atomic E-state index is 13.9. The van der Waals surface area contributed by atoms with E-state index >= 15 is 0 Å². The standard InChI is InChI=1S/C28H32ClN3O5S/c1-5-37-26-13-9-8-12-25(26)32(38(35,36)23-16-14-20(2)15-17-23)19-27(33)31(21(3)28(34)30-4)18-22-10-6-7-11-24(22)29/h6-17,21H,5,18-19H2,1-4H3,(H,30,34)/t21-/m0/s1. The molecule has 10 heteroatoms. The number of halogens is 1. The zero-order chi connectivity index (χ0) is 27.9. The summed E-state index contributed by atoms with van der Waals surface area (Å²) < 4.78 is 34.6. The van der Waals surface area contributed by atoms with Crippen LogP contribution in [0.5, 0.6) is 5.75 Å². The van der Waals surface area contributed by atoms with E-state index in [-0.39, 0.29) is 17.1 Å². The van der Waals surface area contributed by atoms with Crippen LogP contribution in [0.2, 0.25) is 5.02 Å². The molecule has 0 aromatic heterocycles. The number of para-hydroxylation sites is 2. The van der Waals surface area contributed by atoms with Gasteiger partial charge in [0.05, 0.1) is 17.2 Å². The second-order valence-electron chi connectivity index (χ2n) is 8.63. The van der Waals surface area contributed by atoms with Crippen LogP contribution < -0.4 is 14.4 Å². The Kier molecular flexibility index (Phi) is 9.77. The molecule has 0 saturated heterocycles. The number of likely N-dealkylation sites (N-methyl/N-ethyl adjacent to an activating group) is 1. The van der Waals surface area contributed by atoms with Crippen molar-refractivity contribution in [2.24, 2.45) is 0 Å². The third-order valence-corrected chi connectivity index (χ3v) is 8.18. The monoisotopic (exact) mass is 557 g/mol. The molecule has 0 bridgehead atoms. The van der Waals surface area contributed by atoms with Gasteiger partial charge in [0.2, 0.25) is 11.8 Å². The van der Waals surface area contributed by atoms with Crippen LogP contribution in [-0.4, -0.2) is 51.4 Å². The molecule has 3 aromatic carbocycles. The molecule has 0 radical (unpaired) electrons. The first-order valence-corrected chi connectivity index (χ1v) is 14.0. The third-order valence-electron chi connectivity index (χ3n) is 6.03. The van der Waals surface area contributed by atoms with E-state index < -0.39 is 34.4 Å². The number of carbonyl (C=O) groups excluding carboxylic acids is 2. The number of anilines is 1. The lowest BCUT2D eigenvalue weighted by atomic mass is 10.1. The normalized spacial score (nSPS) is 11.9. The number of amides is 2. The Labute approximate surface area is 229 Å². The minimum atomic E-state index is -4.19. The van der Waals surface area contributed by atoms with E-state index in [9.17, 15) is 18.0 Å². The highest BCUT2D eigenvalue weighted by molar-refractivity contribution is 7.92. The van der Waals surface area contributed by atoms with Crippen molar-refractivity contribution in [3.05, 3.63) is 88.9 Å². The predicted molar refractivity (Wildman–Crippen MR) is 149 cm³/mol. The molecule has 0 aliphatic heterocycles. The molecule has 0 heterocycles. The number of aryl methyl sites for hydroxylation is 1. The molecule has 3 aromatic rings. The molecule has 1 N–H and O–H groups in total. The molecule has 202 valence electrons. The number of hydrogen-bond acceptors (Lipinski definition) is 5. The Morgan fingerprint density at radius 2 is 1.63 bits per heavy atom. The largest absolute Gasteiger partial charge is 0.492 e. The van der Waals surface area contributed by atoms with Crippen molar-refractivity contribution in [1.82, 2.24) is 10.2 Å². The molecular formula is C28H32ClN3O5S. The van der Waals surface area contributed by atoms with Gasteiger partial charge in [0, 0.05) is 18.6 Å². The highest BCUT2D eigenvalue weighted by Gasteiger charge is 2.33. The van der Waals surface area contributed by atoms with Gasteiger partial charge in [-0.2, -0.15) is 0 Å². The fourth-order valence-corrected chi connectivity index (χ4v) is 5.51. The molecule has 1 atom stereocenters. The molecule has 0 aliphatic carbocycles. The van der Waals surface area contributed by atoms with Crippen LogP contribution in [0, 0.1) is 6.92 Å².